The molecular formula is C15H20N2O3. The van der Waals surface area contributed by atoms with Crippen LogP contribution in [0, 0.1) is 0 Å². The van der Waals surface area contributed by atoms with Gasteiger partial charge in [0.15, 0.2) is 6.61 Å². The Labute approximate surface area is 118 Å². The summed E-state index contributed by atoms with van der Waals surface area (Å²) in [4.78, 5) is 13.5. The van der Waals surface area contributed by atoms with E-state index in [-0.39, 0.29) is 12.5 Å². The molecule has 1 heterocycles. The van der Waals surface area contributed by atoms with Crippen molar-refractivity contribution in [1.82, 2.24) is 0 Å². The highest BCUT2D eigenvalue weighted by atomic mass is 16.5. The predicted octanol–water partition coefficient (Wildman–Crippen LogP) is 1.37. The van der Waals surface area contributed by atoms with Crippen molar-refractivity contribution in [2.45, 2.75) is 18.9 Å². The van der Waals surface area contributed by atoms with Gasteiger partial charge in [-0.25, -0.2) is 0 Å². The molecule has 1 aliphatic heterocycles. The van der Waals surface area contributed by atoms with Gasteiger partial charge in [0.05, 0.1) is 11.8 Å². The third-order valence-corrected chi connectivity index (χ3v) is 3.30. The highest BCUT2D eigenvalue weighted by molar-refractivity contribution is 5.98. The molecule has 1 atom stereocenters. The van der Waals surface area contributed by atoms with Gasteiger partial charge < -0.3 is 20.5 Å². The van der Waals surface area contributed by atoms with E-state index in [2.05, 4.69) is 6.58 Å². The second-order valence-corrected chi connectivity index (χ2v) is 4.76. The van der Waals surface area contributed by atoms with Crippen molar-refractivity contribution < 1.29 is 14.6 Å². The zero-order valence-electron chi connectivity index (χ0n) is 11.4. The monoisotopic (exact) mass is 276 g/mol. The minimum absolute atomic E-state index is 0.0376. The third kappa shape index (κ3) is 3.00. The standard InChI is InChI=1S/C15H20N2O3/c1-2-8-17-12-9-11(13(18)4-3-7-16)5-6-14(12)20-10-15(17)19/h2,5-6,9,13,18H,1,3-4,7-8,10,16H2. The van der Waals surface area contributed by atoms with Crippen LogP contribution < -0.4 is 15.4 Å². The fourth-order valence-electron chi connectivity index (χ4n) is 2.23. The highest BCUT2D eigenvalue weighted by Gasteiger charge is 2.25. The van der Waals surface area contributed by atoms with Gasteiger partial charge in [-0.05, 0) is 37.1 Å². The SMILES string of the molecule is C=CCN1C(=O)COc2ccc(C(O)CCCN)cc21. The summed E-state index contributed by atoms with van der Waals surface area (Å²) in [5, 5.41) is 10.1. The van der Waals surface area contributed by atoms with Gasteiger partial charge in [0.2, 0.25) is 0 Å². The molecule has 1 aliphatic rings. The lowest BCUT2D eigenvalue weighted by molar-refractivity contribution is -0.121. The van der Waals surface area contributed by atoms with Gasteiger partial charge >= 0.3 is 0 Å². The van der Waals surface area contributed by atoms with Gasteiger partial charge in [0, 0.05) is 6.54 Å². The number of nitrogens with zero attached hydrogens (tertiary/aromatic N) is 1. The minimum Gasteiger partial charge on any atom is -0.482 e. The molecule has 0 bridgehead atoms. The lowest BCUT2D eigenvalue weighted by Gasteiger charge is -2.29. The van der Waals surface area contributed by atoms with E-state index in [0.29, 0.717) is 30.9 Å². The van der Waals surface area contributed by atoms with E-state index in [4.69, 9.17) is 10.5 Å². The number of benzene rings is 1. The molecule has 0 fully saturated rings. The van der Waals surface area contributed by atoms with Crippen LogP contribution in [0.15, 0.2) is 30.9 Å². The first kappa shape index (κ1) is 14.6. The summed E-state index contributed by atoms with van der Waals surface area (Å²) in [5.41, 5.74) is 6.90. The van der Waals surface area contributed by atoms with Gasteiger partial charge in [-0.2, -0.15) is 0 Å². The van der Waals surface area contributed by atoms with Crippen molar-refractivity contribution in [2.75, 3.05) is 24.6 Å². The zero-order valence-corrected chi connectivity index (χ0v) is 11.4. The molecule has 0 saturated carbocycles. The summed E-state index contributed by atoms with van der Waals surface area (Å²) >= 11 is 0. The number of rotatable bonds is 6. The molecule has 5 heteroatoms. The van der Waals surface area contributed by atoms with E-state index in [1.54, 1.807) is 23.1 Å². The molecular weight excluding hydrogens is 256 g/mol. The maximum absolute atomic E-state index is 11.9. The van der Waals surface area contributed by atoms with E-state index in [1.807, 2.05) is 6.07 Å². The van der Waals surface area contributed by atoms with Crippen molar-refractivity contribution in [3.8, 4) is 5.75 Å². The molecule has 5 nitrogen and oxygen atoms in total. The molecule has 0 aliphatic carbocycles. The summed E-state index contributed by atoms with van der Waals surface area (Å²) in [6, 6.07) is 5.41. The molecule has 0 saturated heterocycles. The number of carbonyl (C=O) groups is 1. The summed E-state index contributed by atoms with van der Waals surface area (Å²) < 4.78 is 5.40. The van der Waals surface area contributed by atoms with Crippen molar-refractivity contribution in [3.63, 3.8) is 0 Å². The fourth-order valence-corrected chi connectivity index (χ4v) is 2.23. The Kier molecular flexibility index (Phi) is 4.76. The first-order chi connectivity index (χ1) is 9.67. The molecule has 3 N–H and O–H groups in total. The number of hydrogen-bond donors (Lipinski definition) is 2. The summed E-state index contributed by atoms with van der Waals surface area (Å²) in [5.74, 6) is 0.548. The quantitative estimate of drug-likeness (QED) is 0.769. The number of anilines is 1. The number of fused-ring (bicyclic) bond motifs is 1. The molecule has 1 amide bonds. The van der Waals surface area contributed by atoms with Crippen LogP contribution in [0.1, 0.15) is 24.5 Å². The van der Waals surface area contributed by atoms with Crippen molar-refractivity contribution >= 4 is 11.6 Å². The van der Waals surface area contributed by atoms with E-state index >= 15 is 0 Å². The third-order valence-electron chi connectivity index (χ3n) is 3.30. The molecule has 0 aromatic heterocycles. The number of aliphatic hydroxyl groups is 1. The number of nitrogens with two attached hydrogens (primary N) is 1. The average Bonchev–Trinajstić information content (AvgIpc) is 2.47. The normalized spacial score (nSPS) is 15.5. The Bertz CT molecular complexity index is 502. The maximum atomic E-state index is 11.9. The molecule has 20 heavy (non-hydrogen) atoms. The Balaban J connectivity index is 2.27. The molecule has 0 spiro atoms. The van der Waals surface area contributed by atoms with Crippen molar-refractivity contribution in [1.29, 1.82) is 0 Å². The Morgan fingerprint density at radius 2 is 2.35 bits per heavy atom. The lowest BCUT2D eigenvalue weighted by Crippen LogP contribution is -2.38. The average molecular weight is 276 g/mol. The first-order valence-corrected chi connectivity index (χ1v) is 6.73. The largest absolute Gasteiger partial charge is 0.482 e. The van der Waals surface area contributed by atoms with Crippen LogP contribution in [0.5, 0.6) is 5.75 Å². The van der Waals surface area contributed by atoms with Gasteiger partial charge in [-0.15, -0.1) is 6.58 Å². The van der Waals surface area contributed by atoms with Gasteiger partial charge in [0.25, 0.3) is 5.91 Å². The van der Waals surface area contributed by atoms with Gasteiger partial charge in [-0.1, -0.05) is 12.1 Å². The van der Waals surface area contributed by atoms with E-state index in [0.717, 1.165) is 12.0 Å². The molecule has 0 radical (unpaired) electrons. The van der Waals surface area contributed by atoms with Gasteiger partial charge in [-0.3, -0.25) is 4.79 Å². The van der Waals surface area contributed by atoms with Crippen molar-refractivity contribution in [2.24, 2.45) is 5.73 Å². The van der Waals surface area contributed by atoms with Crippen LogP contribution in [0.25, 0.3) is 0 Å². The van der Waals surface area contributed by atoms with E-state index in [9.17, 15) is 9.90 Å². The smallest absolute Gasteiger partial charge is 0.265 e. The number of carbonyl (C=O) groups excluding carboxylic acids is 1. The predicted molar refractivity (Wildman–Crippen MR) is 77.7 cm³/mol. The lowest BCUT2D eigenvalue weighted by atomic mass is 10.0. The number of amides is 1. The second kappa shape index (κ2) is 6.54. The van der Waals surface area contributed by atoms with Crippen LogP contribution in [0.2, 0.25) is 0 Å². The summed E-state index contributed by atoms with van der Waals surface area (Å²) in [6.45, 7) is 4.68. The number of hydrogen-bond acceptors (Lipinski definition) is 4. The summed E-state index contributed by atoms with van der Waals surface area (Å²) in [6.07, 6.45) is 2.45. The Morgan fingerprint density at radius 3 is 3.05 bits per heavy atom. The van der Waals surface area contributed by atoms with Crippen molar-refractivity contribution in [3.05, 3.63) is 36.4 Å². The molecule has 1 aromatic carbocycles. The summed E-state index contributed by atoms with van der Waals surface area (Å²) in [7, 11) is 0. The first-order valence-electron chi connectivity index (χ1n) is 6.73. The number of aliphatic hydroxyl groups excluding tert-OH is 1. The Morgan fingerprint density at radius 1 is 1.55 bits per heavy atom. The maximum Gasteiger partial charge on any atom is 0.265 e. The van der Waals surface area contributed by atoms with Crippen LogP contribution in [0.3, 0.4) is 0 Å². The molecule has 2 rings (SSSR count). The molecule has 1 unspecified atom stereocenters. The highest BCUT2D eigenvalue weighted by Crippen LogP contribution is 2.35. The van der Waals surface area contributed by atoms with E-state index < -0.39 is 6.10 Å². The molecule has 1 aromatic rings. The zero-order chi connectivity index (χ0) is 14.5. The van der Waals surface area contributed by atoms with E-state index in [1.165, 1.54) is 0 Å². The topological polar surface area (TPSA) is 75.8 Å². The second-order valence-electron chi connectivity index (χ2n) is 4.76. The van der Waals surface area contributed by atoms with Crippen LogP contribution in [-0.4, -0.2) is 30.7 Å². The fraction of sp³-hybridized carbons (Fsp3) is 0.400. The minimum atomic E-state index is -0.577. The van der Waals surface area contributed by atoms with Crippen LogP contribution in [-0.2, 0) is 4.79 Å². The number of ether oxygens (including phenoxy) is 1. The Hall–Kier alpha value is -1.85. The van der Waals surface area contributed by atoms with Gasteiger partial charge in [0.1, 0.15) is 5.75 Å². The molecule has 108 valence electrons. The van der Waals surface area contributed by atoms with Crippen LogP contribution in [0.4, 0.5) is 5.69 Å². The van der Waals surface area contributed by atoms with Crippen LogP contribution >= 0.6 is 0 Å².